The van der Waals surface area contributed by atoms with Crippen molar-refractivity contribution in [1.82, 2.24) is 26.2 Å². The second-order valence-electron chi connectivity index (χ2n) is 13.9. The number of nitrogens with two attached hydrogens (primary N) is 2. The molecule has 1 aliphatic heterocycles. The van der Waals surface area contributed by atoms with E-state index >= 15 is 0 Å². The molecule has 1 aliphatic rings. The third kappa shape index (κ3) is 15.2. The lowest BCUT2D eigenvalue weighted by molar-refractivity contribution is -0.139. The standard InChI is InChI=1S/C39H55N7O7/c1-26(2)23-32(45-38(52)33(25-28-13-7-4-8-14-28)44-36(50)30(41)24-27-11-5-3-6-12-27)37(51)43-31(15-9-10-20-40)39(53)46-21-18-29(19-22-46)42-34(47)16-17-35(48)49/h3-8,11-14,16-17,26,29-33H,9-10,15,18-25,40-41H2,1-2H3,(H,42,47)(H,43,51)(H,44,50)(H,45,52)(H,48,49)/b17-16+/t30-,31-,32-,33-/m1/s1. The quantitative estimate of drug-likeness (QED) is 0.0765. The normalized spacial score (nSPS) is 15.6. The number of piperidine rings is 1. The summed E-state index contributed by atoms with van der Waals surface area (Å²) in [5.74, 6) is -3.60. The predicted octanol–water partition coefficient (Wildman–Crippen LogP) is 1.18. The Morgan fingerprint density at radius 3 is 1.89 bits per heavy atom. The summed E-state index contributed by atoms with van der Waals surface area (Å²) in [7, 11) is 0. The maximum Gasteiger partial charge on any atom is 0.328 e. The largest absolute Gasteiger partial charge is 0.478 e. The van der Waals surface area contributed by atoms with Gasteiger partial charge in [-0.15, -0.1) is 0 Å². The zero-order valence-corrected chi connectivity index (χ0v) is 30.7. The SMILES string of the molecule is CC(C)C[C@@H](NC(=O)[C@@H](Cc1ccccc1)NC(=O)[C@H](N)Cc1ccccc1)C(=O)N[C@H](CCCCN)C(=O)N1CCC(NC(=O)/C=C/C(=O)O)CC1. The lowest BCUT2D eigenvalue weighted by atomic mass is 9.99. The fraction of sp³-hybridized carbons (Fsp3) is 0.487. The van der Waals surface area contributed by atoms with Crippen LogP contribution in [0, 0.1) is 5.92 Å². The summed E-state index contributed by atoms with van der Waals surface area (Å²) < 4.78 is 0. The van der Waals surface area contributed by atoms with Gasteiger partial charge in [0, 0.05) is 37.7 Å². The number of amides is 5. The maximum absolute atomic E-state index is 13.9. The fourth-order valence-corrected chi connectivity index (χ4v) is 6.16. The summed E-state index contributed by atoms with van der Waals surface area (Å²) in [4.78, 5) is 79.3. The van der Waals surface area contributed by atoms with Crippen LogP contribution in [0.5, 0.6) is 0 Å². The first kappa shape index (κ1) is 42.3. The number of carboxylic acids is 1. The Hall–Kier alpha value is -5.08. The molecule has 14 heteroatoms. The third-order valence-corrected chi connectivity index (χ3v) is 8.98. The summed E-state index contributed by atoms with van der Waals surface area (Å²) >= 11 is 0. The van der Waals surface area contributed by atoms with Gasteiger partial charge in [0.1, 0.15) is 18.1 Å². The molecule has 1 heterocycles. The van der Waals surface area contributed by atoms with E-state index in [1.165, 1.54) is 0 Å². The molecule has 2 aromatic carbocycles. The smallest absolute Gasteiger partial charge is 0.328 e. The van der Waals surface area contributed by atoms with Gasteiger partial charge < -0.3 is 42.7 Å². The number of hydrogen-bond donors (Lipinski definition) is 7. The van der Waals surface area contributed by atoms with Crippen LogP contribution in [-0.4, -0.2) is 95.4 Å². The van der Waals surface area contributed by atoms with Crippen LogP contribution < -0.4 is 32.7 Å². The maximum atomic E-state index is 13.9. The Bertz CT molecular complexity index is 1530. The van der Waals surface area contributed by atoms with Crippen molar-refractivity contribution in [2.24, 2.45) is 17.4 Å². The van der Waals surface area contributed by atoms with Gasteiger partial charge in [-0.05, 0) is 68.5 Å². The van der Waals surface area contributed by atoms with Gasteiger partial charge in [-0.3, -0.25) is 24.0 Å². The molecule has 4 atom stereocenters. The molecule has 3 rings (SSSR count). The molecule has 0 spiro atoms. The molecule has 0 unspecified atom stereocenters. The van der Waals surface area contributed by atoms with E-state index in [2.05, 4.69) is 21.3 Å². The summed E-state index contributed by atoms with van der Waals surface area (Å²) in [6.45, 7) is 4.92. The van der Waals surface area contributed by atoms with Crippen molar-refractivity contribution in [3.63, 3.8) is 0 Å². The number of unbranched alkanes of at least 4 members (excludes halogenated alkanes) is 1. The molecule has 288 valence electrons. The summed E-state index contributed by atoms with van der Waals surface area (Å²) in [5, 5.41) is 20.1. The van der Waals surface area contributed by atoms with Crippen LogP contribution in [-0.2, 0) is 41.6 Å². The average molecular weight is 734 g/mol. The highest BCUT2D eigenvalue weighted by Crippen LogP contribution is 2.15. The number of benzene rings is 2. The molecule has 0 saturated carbocycles. The lowest BCUT2D eigenvalue weighted by Gasteiger charge is -2.35. The van der Waals surface area contributed by atoms with Crippen molar-refractivity contribution in [2.75, 3.05) is 19.6 Å². The van der Waals surface area contributed by atoms with Crippen molar-refractivity contribution in [3.8, 4) is 0 Å². The predicted molar refractivity (Wildman–Crippen MR) is 201 cm³/mol. The molecule has 9 N–H and O–H groups in total. The molecule has 0 aromatic heterocycles. The minimum atomic E-state index is -1.23. The van der Waals surface area contributed by atoms with Gasteiger partial charge in [0.2, 0.25) is 29.5 Å². The van der Waals surface area contributed by atoms with Gasteiger partial charge in [0.25, 0.3) is 0 Å². The minimum absolute atomic E-state index is 0.00141. The van der Waals surface area contributed by atoms with Crippen molar-refractivity contribution in [3.05, 3.63) is 83.9 Å². The van der Waals surface area contributed by atoms with Crippen LogP contribution in [0.25, 0.3) is 0 Å². The number of aliphatic carboxylic acids is 1. The van der Waals surface area contributed by atoms with Gasteiger partial charge in [-0.1, -0.05) is 74.5 Å². The van der Waals surface area contributed by atoms with Crippen molar-refractivity contribution < 1.29 is 33.9 Å². The first-order chi connectivity index (χ1) is 25.4. The van der Waals surface area contributed by atoms with Gasteiger partial charge >= 0.3 is 5.97 Å². The number of carbonyl (C=O) groups excluding carboxylic acids is 5. The molecule has 1 saturated heterocycles. The number of carbonyl (C=O) groups is 6. The zero-order chi connectivity index (χ0) is 38.8. The molecular formula is C39H55N7O7. The molecule has 0 aliphatic carbocycles. The Balaban J connectivity index is 1.72. The first-order valence-electron chi connectivity index (χ1n) is 18.3. The van der Waals surface area contributed by atoms with E-state index in [0.717, 1.165) is 23.3 Å². The topological polar surface area (TPSA) is 226 Å². The number of carboxylic acid groups (broad SMARTS) is 1. The summed E-state index contributed by atoms with van der Waals surface area (Å²) in [6, 6.07) is 14.5. The highest BCUT2D eigenvalue weighted by atomic mass is 16.4. The number of nitrogens with zero attached hydrogens (tertiary/aromatic N) is 1. The molecule has 2 aromatic rings. The third-order valence-electron chi connectivity index (χ3n) is 8.98. The minimum Gasteiger partial charge on any atom is -0.478 e. The highest BCUT2D eigenvalue weighted by molar-refractivity contribution is 5.95. The molecule has 14 nitrogen and oxygen atoms in total. The van der Waals surface area contributed by atoms with Crippen molar-refractivity contribution in [1.29, 1.82) is 0 Å². The van der Waals surface area contributed by atoms with E-state index < -0.39 is 53.8 Å². The van der Waals surface area contributed by atoms with Crippen molar-refractivity contribution in [2.45, 2.75) is 95.4 Å². The zero-order valence-electron chi connectivity index (χ0n) is 30.7. The Labute approximate surface area is 311 Å². The van der Waals surface area contributed by atoms with Crippen molar-refractivity contribution >= 4 is 35.5 Å². The van der Waals surface area contributed by atoms with E-state index in [1.807, 2.05) is 74.5 Å². The van der Waals surface area contributed by atoms with E-state index in [4.69, 9.17) is 16.6 Å². The van der Waals surface area contributed by atoms with Crippen LogP contribution in [0.1, 0.15) is 63.5 Å². The molecule has 53 heavy (non-hydrogen) atoms. The van der Waals surface area contributed by atoms with Gasteiger partial charge in [-0.2, -0.15) is 0 Å². The van der Waals surface area contributed by atoms with Crippen LogP contribution in [0.15, 0.2) is 72.8 Å². The van der Waals surface area contributed by atoms with Gasteiger partial charge in [-0.25, -0.2) is 4.79 Å². The highest BCUT2D eigenvalue weighted by Gasteiger charge is 2.33. The summed E-state index contributed by atoms with van der Waals surface area (Å²) in [5.41, 5.74) is 13.7. The van der Waals surface area contributed by atoms with E-state index in [1.54, 1.807) is 4.90 Å². The molecule has 5 amide bonds. The number of rotatable bonds is 20. The molecule has 0 radical (unpaired) electrons. The average Bonchev–Trinajstić information content (AvgIpc) is 3.13. The Morgan fingerprint density at radius 1 is 0.774 bits per heavy atom. The number of hydrogen-bond acceptors (Lipinski definition) is 8. The van der Waals surface area contributed by atoms with Crippen LogP contribution in [0.4, 0.5) is 0 Å². The van der Waals surface area contributed by atoms with E-state index in [-0.39, 0.29) is 37.1 Å². The number of likely N-dealkylation sites (tertiary alicyclic amines) is 1. The van der Waals surface area contributed by atoms with Crippen LogP contribution in [0.3, 0.4) is 0 Å². The second-order valence-corrected chi connectivity index (χ2v) is 13.9. The first-order valence-corrected chi connectivity index (χ1v) is 18.3. The fourth-order valence-electron chi connectivity index (χ4n) is 6.16. The molecule has 0 bridgehead atoms. The second kappa shape index (κ2) is 22.1. The van der Waals surface area contributed by atoms with Crippen LogP contribution in [0.2, 0.25) is 0 Å². The van der Waals surface area contributed by atoms with Gasteiger partial charge in [0.05, 0.1) is 6.04 Å². The van der Waals surface area contributed by atoms with Crippen LogP contribution >= 0.6 is 0 Å². The van der Waals surface area contributed by atoms with E-state index in [0.29, 0.717) is 51.7 Å². The lowest BCUT2D eigenvalue weighted by Crippen LogP contribution is -2.59. The molecular weight excluding hydrogens is 678 g/mol. The Morgan fingerprint density at radius 2 is 1.32 bits per heavy atom. The summed E-state index contributed by atoms with van der Waals surface area (Å²) in [6.07, 6.45) is 4.93. The Kier molecular flexibility index (Phi) is 17.6. The molecule has 1 fully saturated rings. The number of nitrogens with one attached hydrogen (secondary N) is 4. The monoisotopic (exact) mass is 733 g/mol. The van der Waals surface area contributed by atoms with Gasteiger partial charge in [0.15, 0.2) is 0 Å². The van der Waals surface area contributed by atoms with E-state index in [9.17, 15) is 28.8 Å².